The van der Waals surface area contributed by atoms with Gasteiger partial charge in [0, 0.05) is 18.1 Å². The van der Waals surface area contributed by atoms with Crippen molar-refractivity contribution in [2.45, 2.75) is 30.9 Å². The number of esters is 1. The fourth-order valence-corrected chi connectivity index (χ4v) is 5.36. The summed E-state index contributed by atoms with van der Waals surface area (Å²) in [5, 5.41) is 3.29. The van der Waals surface area contributed by atoms with Crippen molar-refractivity contribution in [1.29, 1.82) is 0 Å². The second-order valence-electron chi connectivity index (χ2n) is 7.88. The van der Waals surface area contributed by atoms with Crippen molar-refractivity contribution >= 4 is 39.2 Å². The second-order valence-corrected chi connectivity index (χ2v) is 10.2. The summed E-state index contributed by atoms with van der Waals surface area (Å²) < 4.78 is 33.1. The molecule has 1 atom stereocenters. The molecule has 3 aromatic carbocycles. The fraction of sp³-hybridized carbons (Fsp3) is 0.200. The molecule has 9 heteroatoms. The van der Waals surface area contributed by atoms with E-state index in [2.05, 4.69) is 5.32 Å². The number of carbonyl (C=O) groups excluding carboxylic acids is 2. The Morgan fingerprint density at radius 3 is 2.56 bits per heavy atom. The minimum absolute atomic E-state index is 0.0153. The maximum Gasteiger partial charge on any atom is 0.338 e. The van der Waals surface area contributed by atoms with E-state index in [1.807, 2.05) is 12.1 Å². The Bertz CT molecular complexity index is 1330. The van der Waals surface area contributed by atoms with Crippen molar-refractivity contribution in [2.75, 3.05) is 10.8 Å². The smallest absolute Gasteiger partial charge is 0.338 e. The molecule has 0 fully saturated rings. The zero-order chi connectivity index (χ0) is 24.3. The summed E-state index contributed by atoms with van der Waals surface area (Å²) >= 11 is 5.85. The summed E-state index contributed by atoms with van der Waals surface area (Å²) in [5.74, 6) is -1.26. The standard InChI is InChI=1S/C25H23ClN2O5S/c1-17(24(29)27-16-18-9-11-21(26)12-10-18)33-25(30)20-6-4-7-22(15-20)34(31,32)28-14-13-19-5-2-3-8-23(19)28/h2-12,15,17H,13-14,16H2,1H3,(H,27,29). The summed E-state index contributed by atoms with van der Waals surface area (Å²) in [6.45, 7) is 2.04. The van der Waals surface area contributed by atoms with Crippen LogP contribution in [0.15, 0.2) is 77.7 Å². The minimum atomic E-state index is -3.86. The van der Waals surface area contributed by atoms with Crippen LogP contribution in [0, 0.1) is 0 Å². The minimum Gasteiger partial charge on any atom is -0.449 e. The van der Waals surface area contributed by atoms with Gasteiger partial charge in [-0.15, -0.1) is 0 Å². The van der Waals surface area contributed by atoms with E-state index >= 15 is 0 Å². The Balaban J connectivity index is 1.42. The third-order valence-corrected chi connectivity index (χ3v) is 7.60. The lowest BCUT2D eigenvalue weighted by molar-refractivity contribution is -0.129. The lowest BCUT2D eigenvalue weighted by Gasteiger charge is -2.20. The summed E-state index contributed by atoms with van der Waals surface area (Å²) in [5.41, 5.74) is 2.49. The summed E-state index contributed by atoms with van der Waals surface area (Å²) in [7, 11) is -3.86. The fourth-order valence-electron chi connectivity index (χ4n) is 3.69. The van der Waals surface area contributed by atoms with Crippen molar-refractivity contribution in [3.05, 3.63) is 94.5 Å². The molecule has 3 aromatic rings. The molecule has 0 radical (unpaired) electrons. The Kier molecular flexibility index (Phi) is 6.90. The predicted octanol–water partition coefficient (Wildman–Crippen LogP) is 3.95. The van der Waals surface area contributed by atoms with Gasteiger partial charge in [-0.1, -0.05) is 48.0 Å². The van der Waals surface area contributed by atoms with E-state index in [0.29, 0.717) is 23.7 Å². The third kappa shape index (κ3) is 5.08. The summed E-state index contributed by atoms with van der Waals surface area (Å²) in [6, 6.07) is 20.0. The first-order valence-corrected chi connectivity index (χ1v) is 12.5. The van der Waals surface area contributed by atoms with Crippen LogP contribution in [-0.4, -0.2) is 32.9 Å². The number of ether oxygens (including phenoxy) is 1. The van der Waals surface area contributed by atoms with Crippen molar-refractivity contribution in [1.82, 2.24) is 5.32 Å². The number of halogens is 1. The highest BCUT2D eigenvalue weighted by atomic mass is 35.5. The van der Waals surface area contributed by atoms with E-state index in [4.69, 9.17) is 16.3 Å². The van der Waals surface area contributed by atoms with Crippen LogP contribution in [0.4, 0.5) is 5.69 Å². The van der Waals surface area contributed by atoms with Crippen LogP contribution in [-0.2, 0) is 32.5 Å². The number of hydrogen-bond acceptors (Lipinski definition) is 5. The number of sulfonamides is 1. The quantitative estimate of drug-likeness (QED) is 0.498. The second kappa shape index (κ2) is 9.87. The molecule has 0 aromatic heterocycles. The number of rotatable bonds is 7. The molecule has 1 N–H and O–H groups in total. The number of amides is 1. The Hall–Kier alpha value is -3.36. The number of anilines is 1. The summed E-state index contributed by atoms with van der Waals surface area (Å²) in [6.07, 6.45) is -0.440. The maximum atomic E-state index is 13.2. The zero-order valence-corrected chi connectivity index (χ0v) is 20.0. The van der Waals surface area contributed by atoms with Gasteiger partial charge in [-0.3, -0.25) is 9.10 Å². The predicted molar refractivity (Wildman–Crippen MR) is 129 cm³/mol. The van der Waals surface area contributed by atoms with Gasteiger partial charge in [-0.05, 0) is 60.9 Å². The van der Waals surface area contributed by atoms with Gasteiger partial charge in [-0.25, -0.2) is 13.2 Å². The van der Waals surface area contributed by atoms with Crippen LogP contribution in [0.5, 0.6) is 0 Å². The van der Waals surface area contributed by atoms with Crippen LogP contribution in [0.2, 0.25) is 5.02 Å². The SMILES string of the molecule is CC(OC(=O)c1cccc(S(=O)(=O)N2CCc3ccccc32)c1)C(=O)NCc1ccc(Cl)cc1. The molecular weight excluding hydrogens is 476 g/mol. The van der Waals surface area contributed by atoms with Gasteiger partial charge in [0.25, 0.3) is 15.9 Å². The molecule has 1 aliphatic rings. The van der Waals surface area contributed by atoms with E-state index in [9.17, 15) is 18.0 Å². The molecule has 0 bridgehead atoms. The van der Waals surface area contributed by atoms with Gasteiger partial charge < -0.3 is 10.1 Å². The highest BCUT2D eigenvalue weighted by Gasteiger charge is 2.31. The average molecular weight is 499 g/mol. The number of benzene rings is 3. The molecule has 1 heterocycles. The molecule has 0 spiro atoms. The first-order valence-electron chi connectivity index (χ1n) is 10.7. The van der Waals surface area contributed by atoms with Gasteiger partial charge in [0.15, 0.2) is 6.10 Å². The number of carbonyl (C=O) groups is 2. The first kappa shape index (κ1) is 23.8. The molecule has 7 nitrogen and oxygen atoms in total. The van der Waals surface area contributed by atoms with Gasteiger partial charge in [-0.2, -0.15) is 0 Å². The molecule has 1 unspecified atom stereocenters. The molecule has 176 valence electrons. The molecule has 1 amide bonds. The van der Waals surface area contributed by atoms with Crippen LogP contribution in [0.25, 0.3) is 0 Å². The number of nitrogens with one attached hydrogen (secondary N) is 1. The van der Waals surface area contributed by atoms with E-state index < -0.39 is 28.0 Å². The number of para-hydroxylation sites is 1. The molecule has 0 saturated carbocycles. The summed E-state index contributed by atoms with van der Waals surface area (Å²) in [4.78, 5) is 25.0. The van der Waals surface area contributed by atoms with E-state index in [-0.39, 0.29) is 17.0 Å². The third-order valence-electron chi connectivity index (χ3n) is 5.54. The maximum absolute atomic E-state index is 13.2. The molecule has 4 rings (SSSR count). The lowest BCUT2D eigenvalue weighted by Crippen LogP contribution is -2.35. The van der Waals surface area contributed by atoms with Crippen LogP contribution in [0.1, 0.15) is 28.4 Å². The Morgan fingerprint density at radius 1 is 1.06 bits per heavy atom. The van der Waals surface area contributed by atoms with Gasteiger partial charge in [0.1, 0.15) is 0 Å². The number of fused-ring (bicyclic) bond motifs is 1. The number of hydrogen-bond donors (Lipinski definition) is 1. The molecule has 1 aliphatic heterocycles. The lowest BCUT2D eigenvalue weighted by atomic mass is 10.2. The van der Waals surface area contributed by atoms with Gasteiger partial charge in [0.05, 0.1) is 16.1 Å². The average Bonchev–Trinajstić information content (AvgIpc) is 3.28. The molecular formula is C25H23ClN2O5S. The van der Waals surface area contributed by atoms with Crippen LogP contribution in [0.3, 0.4) is 0 Å². The highest BCUT2D eigenvalue weighted by molar-refractivity contribution is 7.92. The number of nitrogens with zero attached hydrogens (tertiary/aromatic N) is 1. The normalized spacial score (nSPS) is 13.8. The zero-order valence-electron chi connectivity index (χ0n) is 18.4. The van der Waals surface area contributed by atoms with Crippen LogP contribution < -0.4 is 9.62 Å². The monoisotopic (exact) mass is 498 g/mol. The van der Waals surface area contributed by atoms with Gasteiger partial charge in [0.2, 0.25) is 0 Å². The van der Waals surface area contributed by atoms with Gasteiger partial charge >= 0.3 is 5.97 Å². The van der Waals surface area contributed by atoms with Crippen molar-refractivity contribution in [2.24, 2.45) is 0 Å². The molecule has 0 aliphatic carbocycles. The Labute approximate surface area is 203 Å². The van der Waals surface area contributed by atoms with Crippen LogP contribution >= 0.6 is 11.6 Å². The molecule has 0 saturated heterocycles. The largest absolute Gasteiger partial charge is 0.449 e. The highest BCUT2D eigenvalue weighted by Crippen LogP contribution is 2.32. The topological polar surface area (TPSA) is 92.8 Å². The van der Waals surface area contributed by atoms with E-state index in [1.165, 1.54) is 35.5 Å². The van der Waals surface area contributed by atoms with E-state index in [0.717, 1.165) is 11.1 Å². The van der Waals surface area contributed by atoms with Crippen molar-refractivity contribution in [3.63, 3.8) is 0 Å². The van der Waals surface area contributed by atoms with Crippen molar-refractivity contribution in [3.8, 4) is 0 Å². The van der Waals surface area contributed by atoms with Crippen molar-refractivity contribution < 1.29 is 22.7 Å². The van der Waals surface area contributed by atoms with E-state index in [1.54, 1.807) is 36.4 Å². The Morgan fingerprint density at radius 2 is 1.79 bits per heavy atom. The first-order chi connectivity index (χ1) is 16.3. The molecule has 34 heavy (non-hydrogen) atoms.